The van der Waals surface area contributed by atoms with E-state index >= 15 is 0 Å². The van der Waals surface area contributed by atoms with Crippen LogP contribution in [0.1, 0.15) is 18.4 Å². The van der Waals surface area contributed by atoms with Crippen LogP contribution in [0, 0.1) is 6.92 Å². The van der Waals surface area contributed by atoms with Gasteiger partial charge in [-0.25, -0.2) is 0 Å². The van der Waals surface area contributed by atoms with Gasteiger partial charge >= 0.3 is 5.97 Å². The Morgan fingerprint density at radius 1 is 1.26 bits per heavy atom. The van der Waals surface area contributed by atoms with Crippen LogP contribution in [0.15, 0.2) is 42.5 Å². The number of rotatable bonds is 6. The van der Waals surface area contributed by atoms with E-state index < -0.39 is 12.0 Å². The van der Waals surface area contributed by atoms with E-state index in [2.05, 4.69) is 5.32 Å². The lowest BCUT2D eigenvalue weighted by atomic mass is 10.2. The molecule has 142 valence electrons. The Kier molecular flexibility index (Phi) is 5.98. The summed E-state index contributed by atoms with van der Waals surface area (Å²) in [7, 11) is 0. The van der Waals surface area contributed by atoms with Crippen molar-refractivity contribution in [3.8, 4) is 11.5 Å². The lowest BCUT2D eigenvalue weighted by Crippen LogP contribution is -2.40. The van der Waals surface area contributed by atoms with Crippen molar-refractivity contribution in [1.82, 2.24) is 4.90 Å². The standard InChI is InChI=1S/C20H21ClN2O4/c1-13-4-7-15(8-5-13)27-18-9-6-14(21)11-16(18)22-19(24)12-23-10-2-3-17(23)20(25)26/h4-9,11,17H,2-3,10,12H2,1H3,(H,22,24)(H,25,26)/t17-/m1/s1. The first-order valence-electron chi connectivity index (χ1n) is 8.73. The molecule has 0 aromatic heterocycles. The van der Waals surface area contributed by atoms with Gasteiger partial charge in [-0.15, -0.1) is 0 Å². The van der Waals surface area contributed by atoms with Crippen LogP contribution < -0.4 is 10.1 Å². The summed E-state index contributed by atoms with van der Waals surface area (Å²) in [5.41, 5.74) is 1.56. The van der Waals surface area contributed by atoms with Crippen LogP contribution in [0.4, 0.5) is 5.69 Å². The highest BCUT2D eigenvalue weighted by atomic mass is 35.5. The van der Waals surface area contributed by atoms with Gasteiger partial charge in [-0.3, -0.25) is 14.5 Å². The molecule has 0 bridgehead atoms. The normalized spacial score (nSPS) is 16.9. The van der Waals surface area contributed by atoms with Gasteiger partial charge in [-0.1, -0.05) is 29.3 Å². The van der Waals surface area contributed by atoms with Gasteiger partial charge in [-0.05, 0) is 56.6 Å². The minimum Gasteiger partial charge on any atom is -0.480 e. The zero-order chi connectivity index (χ0) is 19.4. The van der Waals surface area contributed by atoms with Gasteiger partial charge in [0.25, 0.3) is 0 Å². The quantitative estimate of drug-likeness (QED) is 0.783. The number of ether oxygens (including phenoxy) is 1. The van der Waals surface area contributed by atoms with Crippen LogP contribution in [0.2, 0.25) is 5.02 Å². The van der Waals surface area contributed by atoms with E-state index in [1.165, 1.54) is 0 Å². The molecular formula is C20H21ClN2O4. The van der Waals surface area contributed by atoms with Gasteiger partial charge in [0, 0.05) is 5.02 Å². The van der Waals surface area contributed by atoms with Crippen molar-refractivity contribution in [3.05, 3.63) is 53.1 Å². The number of anilines is 1. The van der Waals surface area contributed by atoms with E-state index in [1.807, 2.05) is 31.2 Å². The first kappa shape index (κ1) is 19.2. The van der Waals surface area contributed by atoms with Gasteiger partial charge in [-0.2, -0.15) is 0 Å². The van der Waals surface area contributed by atoms with Crippen molar-refractivity contribution in [2.24, 2.45) is 0 Å². The van der Waals surface area contributed by atoms with Crippen molar-refractivity contribution < 1.29 is 19.4 Å². The van der Waals surface area contributed by atoms with Crippen LogP contribution >= 0.6 is 11.6 Å². The van der Waals surface area contributed by atoms with Crippen LogP contribution in [0.25, 0.3) is 0 Å². The predicted molar refractivity (Wildman–Crippen MR) is 104 cm³/mol. The summed E-state index contributed by atoms with van der Waals surface area (Å²) >= 11 is 6.06. The van der Waals surface area contributed by atoms with Crippen molar-refractivity contribution in [2.45, 2.75) is 25.8 Å². The highest BCUT2D eigenvalue weighted by Crippen LogP contribution is 2.32. The summed E-state index contributed by atoms with van der Waals surface area (Å²) in [4.78, 5) is 25.4. The fraction of sp³-hybridized carbons (Fsp3) is 0.300. The number of benzene rings is 2. The Labute approximate surface area is 162 Å². The number of carboxylic acid groups (broad SMARTS) is 1. The van der Waals surface area contributed by atoms with Crippen molar-refractivity contribution in [1.29, 1.82) is 0 Å². The third kappa shape index (κ3) is 4.99. The molecule has 1 aliphatic heterocycles. The number of amides is 1. The second kappa shape index (κ2) is 8.41. The number of carboxylic acids is 1. The maximum atomic E-state index is 12.5. The number of hydrogen-bond donors (Lipinski definition) is 2. The van der Waals surface area contributed by atoms with Crippen molar-refractivity contribution in [3.63, 3.8) is 0 Å². The molecule has 1 atom stereocenters. The Bertz CT molecular complexity index is 838. The number of likely N-dealkylation sites (tertiary alicyclic amines) is 1. The summed E-state index contributed by atoms with van der Waals surface area (Å²) in [5.74, 6) is -0.0951. The third-order valence-corrected chi connectivity index (χ3v) is 4.70. The number of carbonyl (C=O) groups is 2. The molecule has 0 radical (unpaired) electrons. The molecule has 0 aliphatic carbocycles. The second-order valence-corrected chi connectivity index (χ2v) is 7.01. The maximum Gasteiger partial charge on any atom is 0.320 e. The predicted octanol–water partition coefficient (Wildman–Crippen LogP) is 3.93. The van der Waals surface area contributed by atoms with E-state index in [1.54, 1.807) is 23.1 Å². The van der Waals surface area contributed by atoms with Gasteiger partial charge in [0.05, 0.1) is 12.2 Å². The number of aryl methyl sites for hydroxylation is 1. The van der Waals surface area contributed by atoms with Gasteiger partial charge < -0.3 is 15.2 Å². The minimum absolute atomic E-state index is 0.00739. The molecule has 1 amide bonds. The fourth-order valence-electron chi connectivity index (χ4n) is 3.09. The molecule has 1 saturated heterocycles. The molecule has 1 fully saturated rings. The summed E-state index contributed by atoms with van der Waals surface area (Å²) in [6.45, 7) is 2.58. The summed E-state index contributed by atoms with van der Waals surface area (Å²) in [6.07, 6.45) is 1.32. The highest BCUT2D eigenvalue weighted by Gasteiger charge is 2.31. The number of carbonyl (C=O) groups excluding carboxylic acids is 1. The second-order valence-electron chi connectivity index (χ2n) is 6.57. The lowest BCUT2D eigenvalue weighted by molar-refractivity contribution is -0.142. The topological polar surface area (TPSA) is 78.9 Å². The first-order valence-corrected chi connectivity index (χ1v) is 9.11. The highest BCUT2D eigenvalue weighted by molar-refractivity contribution is 6.31. The molecule has 6 nitrogen and oxygen atoms in total. The number of nitrogens with one attached hydrogen (secondary N) is 1. The van der Waals surface area contributed by atoms with E-state index in [9.17, 15) is 14.7 Å². The molecule has 0 unspecified atom stereocenters. The Morgan fingerprint density at radius 3 is 2.70 bits per heavy atom. The molecule has 2 N–H and O–H groups in total. The molecule has 1 heterocycles. The van der Waals surface area contributed by atoms with Gasteiger partial charge in [0.15, 0.2) is 5.75 Å². The summed E-state index contributed by atoms with van der Waals surface area (Å²) in [6, 6.07) is 11.9. The fourth-order valence-corrected chi connectivity index (χ4v) is 3.26. The zero-order valence-corrected chi connectivity index (χ0v) is 15.7. The average molecular weight is 389 g/mol. The van der Waals surface area contributed by atoms with E-state index in [0.717, 1.165) is 12.0 Å². The minimum atomic E-state index is -0.897. The molecule has 1 aliphatic rings. The number of halogens is 1. The molecule has 27 heavy (non-hydrogen) atoms. The molecule has 2 aromatic rings. The Morgan fingerprint density at radius 2 is 2.00 bits per heavy atom. The molecule has 2 aromatic carbocycles. The molecular weight excluding hydrogens is 368 g/mol. The smallest absolute Gasteiger partial charge is 0.320 e. The van der Waals surface area contributed by atoms with E-state index in [4.69, 9.17) is 16.3 Å². The van der Waals surface area contributed by atoms with Crippen LogP contribution in [-0.4, -0.2) is 41.0 Å². The molecule has 0 spiro atoms. The number of nitrogens with zero attached hydrogens (tertiary/aromatic N) is 1. The largest absolute Gasteiger partial charge is 0.480 e. The van der Waals surface area contributed by atoms with E-state index in [-0.39, 0.29) is 12.5 Å². The number of aliphatic carboxylic acids is 1. The Balaban J connectivity index is 1.71. The number of hydrogen-bond acceptors (Lipinski definition) is 4. The van der Waals surface area contributed by atoms with Crippen molar-refractivity contribution in [2.75, 3.05) is 18.4 Å². The lowest BCUT2D eigenvalue weighted by Gasteiger charge is -2.20. The van der Waals surface area contributed by atoms with Gasteiger partial charge in [0.1, 0.15) is 11.8 Å². The van der Waals surface area contributed by atoms with Crippen LogP contribution in [0.5, 0.6) is 11.5 Å². The summed E-state index contributed by atoms with van der Waals surface area (Å²) in [5, 5.41) is 12.5. The molecule has 3 rings (SSSR count). The van der Waals surface area contributed by atoms with Crippen molar-refractivity contribution >= 4 is 29.2 Å². The average Bonchev–Trinajstić information content (AvgIpc) is 3.07. The van der Waals surface area contributed by atoms with Crippen LogP contribution in [0.3, 0.4) is 0 Å². The van der Waals surface area contributed by atoms with E-state index in [0.29, 0.717) is 35.2 Å². The van der Waals surface area contributed by atoms with Crippen LogP contribution in [-0.2, 0) is 9.59 Å². The monoisotopic (exact) mass is 388 g/mol. The third-order valence-electron chi connectivity index (χ3n) is 4.46. The Hall–Kier alpha value is -2.57. The first-order chi connectivity index (χ1) is 12.9. The van der Waals surface area contributed by atoms with Gasteiger partial charge in [0.2, 0.25) is 5.91 Å². The SMILES string of the molecule is Cc1ccc(Oc2ccc(Cl)cc2NC(=O)CN2CCC[C@@H]2C(=O)O)cc1. The summed E-state index contributed by atoms with van der Waals surface area (Å²) < 4.78 is 5.87. The molecule has 0 saturated carbocycles. The zero-order valence-electron chi connectivity index (χ0n) is 14.9. The molecule has 7 heteroatoms. The maximum absolute atomic E-state index is 12.5.